The van der Waals surface area contributed by atoms with Crippen molar-refractivity contribution in [1.82, 2.24) is 14.8 Å². The van der Waals surface area contributed by atoms with E-state index < -0.39 is 17.5 Å². The number of nitrogens with zero attached hydrogens (tertiary/aromatic N) is 3. The highest BCUT2D eigenvalue weighted by Crippen LogP contribution is 2.26. The number of thiazole rings is 1. The number of aromatic nitrogens is 1. The number of methoxy groups -OCH3 is 1. The first kappa shape index (κ1) is 17.4. The van der Waals surface area contributed by atoms with Gasteiger partial charge in [-0.15, -0.1) is 11.3 Å². The smallest absolute Gasteiger partial charge is 0.328 e. The average Bonchev–Trinajstić information content (AvgIpc) is 2.98. The van der Waals surface area contributed by atoms with Crippen LogP contribution in [0.25, 0.3) is 0 Å². The fraction of sp³-hybridized carbons (Fsp3) is 0.571. The number of carbonyl (C=O) groups is 3. The van der Waals surface area contributed by atoms with Crippen LogP contribution in [0.2, 0.25) is 0 Å². The van der Waals surface area contributed by atoms with E-state index in [1.54, 1.807) is 26.3 Å². The lowest BCUT2D eigenvalue weighted by Gasteiger charge is -2.33. The topological polar surface area (TPSA) is 106 Å². The fourth-order valence-corrected chi connectivity index (χ4v) is 3.22. The van der Waals surface area contributed by atoms with E-state index in [0.717, 1.165) is 9.91 Å². The molecule has 1 aliphatic rings. The highest BCUT2D eigenvalue weighted by molar-refractivity contribution is 7.09. The molecule has 0 bridgehead atoms. The van der Waals surface area contributed by atoms with E-state index >= 15 is 0 Å². The molecule has 0 saturated carbocycles. The molecule has 1 aliphatic heterocycles. The van der Waals surface area contributed by atoms with Gasteiger partial charge in [0.25, 0.3) is 5.91 Å². The zero-order chi connectivity index (χ0) is 17.2. The molecule has 1 aromatic heterocycles. The molecule has 1 aromatic rings. The Kier molecular flexibility index (Phi) is 5.00. The summed E-state index contributed by atoms with van der Waals surface area (Å²) in [7, 11) is 1.58. The van der Waals surface area contributed by atoms with Gasteiger partial charge in [-0.1, -0.05) is 0 Å². The zero-order valence-corrected chi connectivity index (χ0v) is 14.2. The largest absolute Gasteiger partial charge is 0.378 e. The minimum atomic E-state index is -0.809. The third-order valence-electron chi connectivity index (χ3n) is 3.58. The van der Waals surface area contributed by atoms with E-state index in [-0.39, 0.29) is 25.4 Å². The standard InChI is InChI=1S/C14H20N4O4S/c1-14(2,4-10(15)19)18-6-12(20)17(13(18)21)5-9-8-23-11(16-9)7-22-3/h8H,4-7H2,1-3H3,(H2,15,19). The second kappa shape index (κ2) is 6.63. The molecule has 0 radical (unpaired) electrons. The minimum absolute atomic E-state index is 0.00541. The first-order valence-electron chi connectivity index (χ1n) is 7.07. The SMILES string of the molecule is COCc1nc(CN2C(=O)CN(C(C)(C)CC(N)=O)C2=O)cs1. The molecule has 0 spiro atoms. The molecule has 23 heavy (non-hydrogen) atoms. The van der Waals surface area contributed by atoms with Crippen LogP contribution in [0.5, 0.6) is 0 Å². The van der Waals surface area contributed by atoms with Crippen molar-refractivity contribution < 1.29 is 19.1 Å². The van der Waals surface area contributed by atoms with Gasteiger partial charge in [0.2, 0.25) is 5.91 Å². The molecule has 8 nitrogen and oxygen atoms in total. The maximum atomic E-state index is 12.5. The first-order valence-corrected chi connectivity index (χ1v) is 7.95. The molecule has 1 saturated heterocycles. The Hall–Kier alpha value is -2.00. The van der Waals surface area contributed by atoms with Gasteiger partial charge in [0.1, 0.15) is 11.6 Å². The highest BCUT2D eigenvalue weighted by Gasteiger charge is 2.44. The molecule has 0 atom stereocenters. The van der Waals surface area contributed by atoms with Crippen LogP contribution in [0.3, 0.4) is 0 Å². The summed E-state index contributed by atoms with van der Waals surface area (Å²) in [5.74, 6) is -0.828. The number of rotatable bonds is 7. The number of ether oxygens (including phenoxy) is 1. The number of imide groups is 1. The van der Waals surface area contributed by atoms with Crippen LogP contribution in [0, 0.1) is 0 Å². The molecule has 2 heterocycles. The first-order chi connectivity index (χ1) is 10.7. The summed E-state index contributed by atoms with van der Waals surface area (Å²) in [6.45, 7) is 3.87. The molecular formula is C14H20N4O4S. The number of primary amides is 1. The maximum Gasteiger partial charge on any atom is 0.328 e. The Labute approximate surface area is 138 Å². The number of hydrogen-bond acceptors (Lipinski definition) is 6. The second-order valence-corrected chi connectivity index (χ2v) is 6.91. The van der Waals surface area contributed by atoms with Gasteiger partial charge in [0.05, 0.1) is 18.8 Å². The van der Waals surface area contributed by atoms with E-state index in [4.69, 9.17) is 10.5 Å². The summed E-state index contributed by atoms with van der Waals surface area (Å²) in [5, 5.41) is 2.58. The van der Waals surface area contributed by atoms with Crippen LogP contribution in [0.1, 0.15) is 31.0 Å². The lowest BCUT2D eigenvalue weighted by Crippen LogP contribution is -2.48. The minimum Gasteiger partial charge on any atom is -0.378 e. The summed E-state index contributed by atoms with van der Waals surface area (Å²) < 4.78 is 5.00. The van der Waals surface area contributed by atoms with Crippen molar-refractivity contribution in [3.63, 3.8) is 0 Å². The van der Waals surface area contributed by atoms with Crippen molar-refractivity contribution in [2.75, 3.05) is 13.7 Å². The van der Waals surface area contributed by atoms with Gasteiger partial charge >= 0.3 is 6.03 Å². The van der Waals surface area contributed by atoms with Crippen LogP contribution in [0.15, 0.2) is 5.38 Å². The van der Waals surface area contributed by atoms with Gasteiger partial charge in [-0.2, -0.15) is 0 Å². The molecular weight excluding hydrogens is 320 g/mol. The molecule has 2 N–H and O–H groups in total. The van der Waals surface area contributed by atoms with Crippen molar-refractivity contribution in [3.8, 4) is 0 Å². The van der Waals surface area contributed by atoms with Crippen molar-refractivity contribution in [1.29, 1.82) is 0 Å². The van der Waals surface area contributed by atoms with Gasteiger partial charge < -0.3 is 15.4 Å². The molecule has 0 aromatic carbocycles. The van der Waals surface area contributed by atoms with Crippen molar-refractivity contribution >= 4 is 29.2 Å². The Morgan fingerprint density at radius 2 is 2.17 bits per heavy atom. The highest BCUT2D eigenvalue weighted by atomic mass is 32.1. The van der Waals surface area contributed by atoms with Crippen LogP contribution in [-0.4, -0.2) is 51.8 Å². The number of carbonyl (C=O) groups excluding carboxylic acids is 3. The second-order valence-electron chi connectivity index (χ2n) is 5.97. The predicted octanol–water partition coefficient (Wildman–Crippen LogP) is 0.708. The quantitative estimate of drug-likeness (QED) is 0.736. The molecule has 126 valence electrons. The monoisotopic (exact) mass is 340 g/mol. The van der Waals surface area contributed by atoms with Gasteiger partial charge in [0.15, 0.2) is 0 Å². The third kappa shape index (κ3) is 3.85. The van der Waals surface area contributed by atoms with Gasteiger partial charge in [-0.25, -0.2) is 9.78 Å². The van der Waals surface area contributed by atoms with Crippen LogP contribution >= 0.6 is 11.3 Å². The number of hydrogen-bond donors (Lipinski definition) is 1. The molecule has 2 rings (SSSR count). The summed E-state index contributed by atoms with van der Waals surface area (Å²) >= 11 is 1.41. The predicted molar refractivity (Wildman–Crippen MR) is 83.4 cm³/mol. The van der Waals surface area contributed by atoms with Gasteiger partial charge in [-0.3, -0.25) is 14.5 Å². The average molecular weight is 340 g/mol. The Morgan fingerprint density at radius 1 is 1.48 bits per heavy atom. The van der Waals surface area contributed by atoms with E-state index in [0.29, 0.717) is 12.3 Å². The van der Waals surface area contributed by atoms with E-state index in [9.17, 15) is 14.4 Å². The third-order valence-corrected chi connectivity index (χ3v) is 4.45. The van der Waals surface area contributed by atoms with Crippen molar-refractivity contribution in [2.24, 2.45) is 5.73 Å². The molecule has 4 amide bonds. The van der Waals surface area contributed by atoms with Crippen LogP contribution in [0.4, 0.5) is 4.79 Å². The van der Waals surface area contributed by atoms with Gasteiger partial charge in [0, 0.05) is 24.4 Å². The summed E-state index contributed by atoms with van der Waals surface area (Å²) in [5.41, 5.74) is 5.05. The van der Waals surface area contributed by atoms with Crippen molar-refractivity contribution in [2.45, 2.75) is 39.0 Å². The lowest BCUT2D eigenvalue weighted by atomic mass is 9.98. The Morgan fingerprint density at radius 3 is 2.78 bits per heavy atom. The normalized spacial score (nSPS) is 15.6. The van der Waals surface area contributed by atoms with E-state index in [1.807, 2.05) is 0 Å². The number of nitrogens with two attached hydrogens (primary N) is 1. The summed E-state index contributed by atoms with van der Waals surface area (Å²) in [4.78, 5) is 42.7. The van der Waals surface area contributed by atoms with Crippen molar-refractivity contribution in [3.05, 3.63) is 16.1 Å². The fourth-order valence-electron chi connectivity index (χ4n) is 2.46. The van der Waals surface area contributed by atoms with Crippen LogP contribution in [-0.2, 0) is 27.5 Å². The van der Waals surface area contributed by atoms with Crippen LogP contribution < -0.4 is 5.73 Å². The number of urea groups is 1. The Balaban J connectivity index is 2.10. The van der Waals surface area contributed by atoms with Gasteiger partial charge in [-0.05, 0) is 13.8 Å². The maximum absolute atomic E-state index is 12.5. The molecule has 0 aliphatic carbocycles. The molecule has 9 heteroatoms. The summed E-state index contributed by atoms with van der Waals surface area (Å²) in [6.07, 6.45) is -0.00541. The Bertz CT molecular complexity index is 628. The van der Waals surface area contributed by atoms with E-state index in [2.05, 4.69) is 4.98 Å². The summed E-state index contributed by atoms with van der Waals surface area (Å²) in [6, 6.07) is -0.428. The molecule has 0 unspecified atom stereocenters. The zero-order valence-electron chi connectivity index (χ0n) is 13.4. The number of amides is 4. The van der Waals surface area contributed by atoms with E-state index in [1.165, 1.54) is 16.2 Å². The lowest BCUT2D eigenvalue weighted by molar-refractivity contribution is -0.126. The molecule has 1 fully saturated rings.